The van der Waals surface area contributed by atoms with Gasteiger partial charge in [-0.05, 0) is 29.2 Å². The van der Waals surface area contributed by atoms with Gasteiger partial charge in [0, 0.05) is 0 Å². The van der Waals surface area contributed by atoms with Crippen LogP contribution in [-0.4, -0.2) is 19.8 Å². The molecule has 0 saturated heterocycles. The summed E-state index contributed by atoms with van der Waals surface area (Å²) in [5.41, 5.74) is 1.25. The summed E-state index contributed by atoms with van der Waals surface area (Å²) in [5.74, 6) is 0.312. The average molecular weight is 366 g/mol. The number of carbonyl (C=O) groups excluding carboxylic acids is 1. The number of nitrogens with one attached hydrogen (secondary N) is 1. The molecule has 0 aliphatic carbocycles. The number of benzene rings is 1. The van der Waals surface area contributed by atoms with Crippen LogP contribution in [0, 0.1) is 0 Å². The molecule has 0 saturated carbocycles. The fraction of sp³-hybridized carbons (Fsp3) is 0.111. The van der Waals surface area contributed by atoms with Gasteiger partial charge in [-0.3, -0.25) is 14.2 Å². The van der Waals surface area contributed by atoms with E-state index in [-0.39, 0.29) is 23.5 Å². The highest BCUT2D eigenvalue weighted by Crippen LogP contribution is 2.17. The third-order valence-electron chi connectivity index (χ3n) is 3.86. The van der Waals surface area contributed by atoms with E-state index in [4.69, 9.17) is 4.42 Å². The first-order valence-electron chi connectivity index (χ1n) is 7.91. The summed E-state index contributed by atoms with van der Waals surface area (Å²) in [6.07, 6.45) is 3.00. The average Bonchev–Trinajstić information content (AvgIpc) is 3.33. The second-order valence-electron chi connectivity index (χ2n) is 5.63. The number of aromatic nitrogens is 3. The molecule has 0 unspecified atom stereocenters. The Kier molecular flexibility index (Phi) is 4.32. The lowest BCUT2D eigenvalue weighted by molar-refractivity contribution is 0.0953. The van der Waals surface area contributed by atoms with E-state index in [1.165, 1.54) is 10.9 Å². The van der Waals surface area contributed by atoms with E-state index in [0.29, 0.717) is 22.7 Å². The number of fused-ring (bicyclic) bond motifs is 1. The van der Waals surface area contributed by atoms with Gasteiger partial charge < -0.3 is 9.73 Å². The van der Waals surface area contributed by atoms with E-state index in [0.717, 1.165) is 17.1 Å². The second-order valence-corrected chi connectivity index (χ2v) is 6.41. The van der Waals surface area contributed by atoms with Crippen LogP contribution in [0.1, 0.15) is 21.0 Å². The Labute approximate surface area is 152 Å². The van der Waals surface area contributed by atoms with Gasteiger partial charge in [-0.2, -0.15) is 4.37 Å². The molecule has 0 bridgehead atoms. The fourth-order valence-corrected chi connectivity index (χ4v) is 3.30. The van der Waals surface area contributed by atoms with Crippen molar-refractivity contribution in [1.29, 1.82) is 0 Å². The number of rotatable bonds is 5. The van der Waals surface area contributed by atoms with Gasteiger partial charge in [0.2, 0.25) is 0 Å². The standard InChI is InChI=1S/C18H14N4O3S/c23-17(19-9-13-7-4-8-25-13)16-14-15(21-26-16)18(24)22(11-20-14)10-12-5-2-1-3-6-12/h1-8,11H,9-10H2,(H,19,23). The Bertz CT molecular complexity index is 1100. The summed E-state index contributed by atoms with van der Waals surface area (Å²) in [4.78, 5) is 29.6. The summed E-state index contributed by atoms with van der Waals surface area (Å²) in [7, 11) is 0. The molecule has 3 aromatic heterocycles. The van der Waals surface area contributed by atoms with Gasteiger partial charge in [-0.1, -0.05) is 30.3 Å². The van der Waals surface area contributed by atoms with Crippen LogP contribution in [0.3, 0.4) is 0 Å². The van der Waals surface area contributed by atoms with E-state index in [2.05, 4.69) is 14.7 Å². The molecule has 0 radical (unpaired) electrons. The summed E-state index contributed by atoms with van der Waals surface area (Å²) in [6.45, 7) is 0.663. The molecule has 0 atom stereocenters. The molecular formula is C18H14N4O3S. The SMILES string of the molecule is O=C(NCc1ccco1)c1snc2c(=O)n(Cc3ccccc3)cnc12. The number of nitrogens with zero attached hydrogens (tertiary/aromatic N) is 3. The maximum absolute atomic E-state index is 12.6. The molecule has 0 aliphatic rings. The maximum atomic E-state index is 12.6. The van der Waals surface area contributed by atoms with E-state index in [1.54, 1.807) is 18.4 Å². The predicted octanol–water partition coefficient (Wildman–Crippen LogP) is 2.42. The van der Waals surface area contributed by atoms with Crippen LogP contribution in [0.5, 0.6) is 0 Å². The molecule has 1 N–H and O–H groups in total. The molecule has 1 amide bonds. The van der Waals surface area contributed by atoms with Crippen LogP contribution >= 0.6 is 11.5 Å². The van der Waals surface area contributed by atoms with Gasteiger partial charge in [0.25, 0.3) is 11.5 Å². The zero-order chi connectivity index (χ0) is 17.9. The number of hydrogen-bond donors (Lipinski definition) is 1. The highest BCUT2D eigenvalue weighted by atomic mass is 32.1. The van der Waals surface area contributed by atoms with Gasteiger partial charge in [0.1, 0.15) is 16.2 Å². The van der Waals surface area contributed by atoms with Crippen molar-refractivity contribution < 1.29 is 9.21 Å². The lowest BCUT2D eigenvalue weighted by Crippen LogP contribution is -2.23. The first-order valence-corrected chi connectivity index (χ1v) is 8.69. The van der Waals surface area contributed by atoms with E-state index in [9.17, 15) is 9.59 Å². The van der Waals surface area contributed by atoms with Gasteiger partial charge in [-0.25, -0.2) is 4.98 Å². The summed E-state index contributed by atoms with van der Waals surface area (Å²) in [5, 5.41) is 2.74. The minimum atomic E-state index is -0.332. The molecule has 1 aromatic carbocycles. The van der Waals surface area contributed by atoms with Gasteiger partial charge in [0.15, 0.2) is 5.52 Å². The smallest absolute Gasteiger partial charge is 0.281 e. The van der Waals surface area contributed by atoms with Crippen LogP contribution in [0.25, 0.3) is 11.0 Å². The molecular weight excluding hydrogens is 352 g/mol. The molecule has 26 heavy (non-hydrogen) atoms. The number of amides is 1. The van der Waals surface area contributed by atoms with E-state index in [1.807, 2.05) is 30.3 Å². The molecule has 3 heterocycles. The topological polar surface area (TPSA) is 90.0 Å². The quantitative estimate of drug-likeness (QED) is 0.586. The number of hydrogen-bond acceptors (Lipinski definition) is 6. The lowest BCUT2D eigenvalue weighted by Gasteiger charge is -2.05. The minimum absolute atomic E-state index is 0.205. The monoisotopic (exact) mass is 366 g/mol. The lowest BCUT2D eigenvalue weighted by atomic mass is 10.2. The van der Waals surface area contributed by atoms with Crippen LogP contribution in [-0.2, 0) is 13.1 Å². The Morgan fingerprint density at radius 2 is 2.00 bits per heavy atom. The zero-order valence-electron chi connectivity index (χ0n) is 13.6. The molecule has 4 aromatic rings. The van der Waals surface area contributed by atoms with Crippen LogP contribution in [0.2, 0.25) is 0 Å². The first-order chi connectivity index (χ1) is 12.7. The zero-order valence-corrected chi connectivity index (χ0v) is 14.4. The van der Waals surface area contributed by atoms with Crippen molar-refractivity contribution in [1.82, 2.24) is 19.2 Å². The summed E-state index contributed by atoms with van der Waals surface area (Å²) < 4.78 is 10.8. The van der Waals surface area contributed by atoms with Crippen molar-refractivity contribution >= 4 is 28.5 Å². The van der Waals surface area contributed by atoms with Gasteiger partial charge in [-0.15, -0.1) is 0 Å². The molecule has 7 nitrogen and oxygen atoms in total. The van der Waals surface area contributed by atoms with Crippen LogP contribution in [0.4, 0.5) is 0 Å². The van der Waals surface area contributed by atoms with Crippen molar-refractivity contribution in [3.05, 3.63) is 81.6 Å². The fourth-order valence-electron chi connectivity index (χ4n) is 2.56. The predicted molar refractivity (Wildman–Crippen MR) is 97.1 cm³/mol. The molecule has 0 fully saturated rings. The highest BCUT2D eigenvalue weighted by molar-refractivity contribution is 7.09. The Balaban J connectivity index is 1.59. The molecule has 0 aliphatic heterocycles. The minimum Gasteiger partial charge on any atom is -0.467 e. The molecule has 130 valence electrons. The molecule has 0 spiro atoms. The molecule has 4 rings (SSSR count). The highest BCUT2D eigenvalue weighted by Gasteiger charge is 2.18. The second kappa shape index (κ2) is 6.93. The van der Waals surface area contributed by atoms with Crippen molar-refractivity contribution in [2.24, 2.45) is 0 Å². The van der Waals surface area contributed by atoms with Crippen LogP contribution < -0.4 is 10.9 Å². The van der Waals surface area contributed by atoms with Crippen LogP contribution in [0.15, 0.2) is 64.3 Å². The Hall–Kier alpha value is -3.26. The number of furan rings is 1. The Morgan fingerprint density at radius 1 is 1.15 bits per heavy atom. The third-order valence-corrected chi connectivity index (χ3v) is 4.70. The van der Waals surface area contributed by atoms with Gasteiger partial charge in [0.05, 0.1) is 25.7 Å². The summed E-state index contributed by atoms with van der Waals surface area (Å²) in [6, 6.07) is 13.1. The van der Waals surface area contributed by atoms with Gasteiger partial charge >= 0.3 is 0 Å². The number of carbonyl (C=O) groups is 1. The van der Waals surface area contributed by atoms with Crippen molar-refractivity contribution in [2.75, 3.05) is 0 Å². The largest absolute Gasteiger partial charge is 0.467 e. The maximum Gasteiger partial charge on any atom is 0.281 e. The Morgan fingerprint density at radius 3 is 2.77 bits per heavy atom. The normalized spacial score (nSPS) is 10.9. The van der Waals surface area contributed by atoms with Crippen molar-refractivity contribution in [2.45, 2.75) is 13.1 Å². The van der Waals surface area contributed by atoms with Crippen molar-refractivity contribution in [3.63, 3.8) is 0 Å². The first kappa shape index (κ1) is 16.2. The summed E-state index contributed by atoms with van der Waals surface area (Å²) >= 11 is 0.969. The van der Waals surface area contributed by atoms with E-state index < -0.39 is 0 Å². The third kappa shape index (κ3) is 3.14. The molecule has 8 heteroatoms. The van der Waals surface area contributed by atoms with Crippen molar-refractivity contribution in [3.8, 4) is 0 Å². The van der Waals surface area contributed by atoms with E-state index >= 15 is 0 Å².